The van der Waals surface area contributed by atoms with Crippen molar-refractivity contribution in [1.29, 1.82) is 0 Å². The van der Waals surface area contributed by atoms with Crippen molar-refractivity contribution in [3.63, 3.8) is 0 Å². The first-order valence-corrected chi connectivity index (χ1v) is 9.71. The van der Waals surface area contributed by atoms with E-state index >= 15 is 0 Å². The molecule has 11 heteroatoms. The summed E-state index contributed by atoms with van der Waals surface area (Å²) in [5, 5.41) is 8.53. The van der Waals surface area contributed by atoms with Gasteiger partial charge in [-0.1, -0.05) is 12.1 Å². The van der Waals surface area contributed by atoms with Crippen molar-refractivity contribution in [1.82, 2.24) is 25.7 Å². The third kappa shape index (κ3) is 3.37. The minimum Gasteiger partial charge on any atom is -0.343 e. The van der Waals surface area contributed by atoms with E-state index in [0.29, 0.717) is 12.2 Å². The molecule has 2 aromatic rings. The van der Waals surface area contributed by atoms with Crippen molar-refractivity contribution in [3.05, 3.63) is 46.6 Å². The first-order chi connectivity index (χ1) is 14.7. The van der Waals surface area contributed by atoms with Crippen molar-refractivity contribution < 1.29 is 28.5 Å². The van der Waals surface area contributed by atoms with Crippen molar-refractivity contribution >= 4 is 29.5 Å². The largest absolute Gasteiger partial charge is 0.343 e. The molecule has 0 radical (unpaired) electrons. The molecular weight excluding hydrogens is 406 g/mol. The zero-order valence-corrected chi connectivity index (χ0v) is 16.9. The first kappa shape index (κ1) is 20.4. The molecule has 1 atom stereocenters. The van der Waals surface area contributed by atoms with E-state index in [0.717, 1.165) is 4.90 Å². The second kappa shape index (κ2) is 7.42. The van der Waals surface area contributed by atoms with Crippen molar-refractivity contribution in [2.75, 3.05) is 0 Å². The fraction of sp³-hybridized carbons (Fsp3) is 0.350. The summed E-state index contributed by atoms with van der Waals surface area (Å²) in [5.41, 5.74) is -1.21. The van der Waals surface area contributed by atoms with Crippen LogP contribution >= 0.6 is 0 Å². The smallest absolute Gasteiger partial charge is 0.262 e. The van der Waals surface area contributed by atoms with Gasteiger partial charge < -0.3 is 9.84 Å². The quantitative estimate of drug-likeness (QED) is 0.651. The highest BCUT2D eigenvalue weighted by Gasteiger charge is 2.52. The topological polar surface area (TPSA) is 152 Å². The zero-order chi connectivity index (χ0) is 22.3. The summed E-state index contributed by atoms with van der Waals surface area (Å²) in [6.45, 7) is 3.32. The van der Waals surface area contributed by atoms with E-state index < -0.39 is 35.1 Å². The van der Waals surface area contributed by atoms with E-state index in [9.17, 15) is 24.0 Å². The Bertz CT molecular complexity index is 1140. The lowest BCUT2D eigenvalue weighted by Crippen LogP contribution is -2.62. The molecule has 0 spiro atoms. The molecule has 4 rings (SSSR count). The summed E-state index contributed by atoms with van der Waals surface area (Å²) in [5.74, 6) is -2.22. The van der Waals surface area contributed by atoms with Gasteiger partial charge >= 0.3 is 0 Å². The van der Waals surface area contributed by atoms with Crippen molar-refractivity contribution in [2.45, 2.75) is 45.2 Å². The minimum absolute atomic E-state index is 0.00813. The Kier molecular flexibility index (Phi) is 4.88. The normalized spacial score (nSPS) is 20.6. The zero-order valence-electron chi connectivity index (χ0n) is 16.9. The molecule has 160 valence electrons. The summed E-state index contributed by atoms with van der Waals surface area (Å²) < 4.78 is 5.01. The number of aryl methyl sites for hydroxylation is 1. The van der Waals surface area contributed by atoms with E-state index in [4.69, 9.17) is 4.52 Å². The van der Waals surface area contributed by atoms with Crippen LogP contribution in [0.1, 0.15) is 69.5 Å². The number of nitrogens with one attached hydrogen (secondary N) is 2. The molecule has 0 aliphatic carbocycles. The van der Waals surface area contributed by atoms with E-state index in [1.54, 1.807) is 0 Å². The van der Waals surface area contributed by atoms with Gasteiger partial charge in [-0.05, 0) is 31.5 Å². The summed E-state index contributed by atoms with van der Waals surface area (Å²) in [6.07, 6.45) is 0.638. The third-order valence-electron chi connectivity index (χ3n) is 5.45. The molecule has 2 N–H and O–H groups in total. The Labute approximate surface area is 176 Å². The number of benzene rings is 1. The molecule has 31 heavy (non-hydrogen) atoms. The molecule has 5 amide bonds. The molecule has 1 saturated heterocycles. The second-order valence-electron chi connectivity index (χ2n) is 7.50. The van der Waals surface area contributed by atoms with Gasteiger partial charge in [-0.25, -0.2) is 0 Å². The van der Waals surface area contributed by atoms with Crippen LogP contribution < -0.4 is 10.6 Å². The lowest BCUT2D eigenvalue weighted by molar-refractivity contribution is -0.140. The van der Waals surface area contributed by atoms with Crippen LogP contribution in [0.25, 0.3) is 0 Å². The van der Waals surface area contributed by atoms with Gasteiger partial charge in [0.2, 0.25) is 11.8 Å². The monoisotopic (exact) mass is 425 g/mol. The number of carbonyl (C=O) groups excluding carboxylic acids is 5. The Hall–Kier alpha value is -3.89. The summed E-state index contributed by atoms with van der Waals surface area (Å²) in [7, 11) is 0. The predicted molar refractivity (Wildman–Crippen MR) is 103 cm³/mol. The van der Waals surface area contributed by atoms with Crippen LogP contribution in [0.2, 0.25) is 0 Å². The number of nitrogens with zero attached hydrogens (tertiary/aromatic N) is 3. The standard InChI is InChI=1S/C20H19N5O6/c1-3-13-22-15(31-24-13)9-21-16(27)10-4-5-11-12(8-10)18(29)25(17(11)28)20(2)7-6-14(26)23-19(20)30/h4-5,8H,3,6-7,9H2,1-2H3,(H,21,27)(H,23,26,30). The third-order valence-corrected chi connectivity index (χ3v) is 5.45. The molecule has 11 nitrogen and oxygen atoms in total. The highest BCUT2D eigenvalue weighted by Crippen LogP contribution is 2.34. The highest BCUT2D eigenvalue weighted by atomic mass is 16.5. The van der Waals surface area contributed by atoms with Gasteiger partial charge in [-0.3, -0.25) is 34.2 Å². The molecule has 0 bridgehead atoms. The Morgan fingerprint density at radius 1 is 1.23 bits per heavy atom. The van der Waals surface area contributed by atoms with Gasteiger partial charge in [-0.15, -0.1) is 0 Å². The number of imide groups is 2. The lowest BCUT2D eigenvalue weighted by atomic mass is 9.89. The van der Waals surface area contributed by atoms with Gasteiger partial charge in [-0.2, -0.15) is 4.98 Å². The number of aromatic nitrogens is 2. The number of fused-ring (bicyclic) bond motifs is 1. The van der Waals surface area contributed by atoms with E-state index in [1.165, 1.54) is 25.1 Å². The Morgan fingerprint density at radius 3 is 2.65 bits per heavy atom. The van der Waals surface area contributed by atoms with Crippen LogP contribution in [0, 0.1) is 0 Å². The van der Waals surface area contributed by atoms with Crippen LogP contribution in [0.4, 0.5) is 0 Å². The maximum absolute atomic E-state index is 13.0. The van der Waals surface area contributed by atoms with E-state index in [1.807, 2.05) is 6.92 Å². The van der Waals surface area contributed by atoms with Gasteiger partial charge in [0.15, 0.2) is 5.82 Å². The van der Waals surface area contributed by atoms with E-state index in [2.05, 4.69) is 20.8 Å². The lowest BCUT2D eigenvalue weighted by Gasteiger charge is -2.38. The van der Waals surface area contributed by atoms with Crippen LogP contribution in [0.5, 0.6) is 0 Å². The maximum atomic E-state index is 13.0. The molecule has 0 saturated carbocycles. The number of piperidine rings is 1. The Morgan fingerprint density at radius 2 is 1.97 bits per heavy atom. The van der Waals surface area contributed by atoms with Crippen LogP contribution in [-0.4, -0.2) is 50.1 Å². The molecule has 2 aliphatic rings. The SMILES string of the molecule is CCc1noc(CNC(=O)c2ccc3c(c2)C(=O)N(C2(C)CCC(=O)NC2=O)C3=O)n1. The average molecular weight is 425 g/mol. The fourth-order valence-corrected chi connectivity index (χ4v) is 3.60. The fourth-order valence-electron chi connectivity index (χ4n) is 3.60. The first-order valence-electron chi connectivity index (χ1n) is 9.71. The number of rotatable bonds is 5. The van der Waals surface area contributed by atoms with Crippen LogP contribution in [0.3, 0.4) is 0 Å². The van der Waals surface area contributed by atoms with Gasteiger partial charge in [0.05, 0.1) is 17.7 Å². The molecular formula is C20H19N5O6. The molecule has 2 aliphatic heterocycles. The summed E-state index contributed by atoms with van der Waals surface area (Å²) in [6, 6.07) is 4.11. The van der Waals surface area contributed by atoms with Crippen molar-refractivity contribution in [2.24, 2.45) is 0 Å². The van der Waals surface area contributed by atoms with Gasteiger partial charge in [0, 0.05) is 18.4 Å². The minimum atomic E-state index is -1.49. The second-order valence-corrected chi connectivity index (χ2v) is 7.50. The maximum Gasteiger partial charge on any atom is 0.262 e. The van der Waals surface area contributed by atoms with Gasteiger partial charge in [0.25, 0.3) is 23.6 Å². The Balaban J connectivity index is 1.54. The van der Waals surface area contributed by atoms with Gasteiger partial charge in [0.1, 0.15) is 5.54 Å². The molecule has 1 unspecified atom stereocenters. The molecule has 1 aromatic heterocycles. The summed E-state index contributed by atoms with van der Waals surface area (Å²) in [4.78, 5) is 67.2. The number of hydrogen-bond acceptors (Lipinski definition) is 8. The number of amides is 5. The summed E-state index contributed by atoms with van der Waals surface area (Å²) >= 11 is 0. The van der Waals surface area contributed by atoms with Crippen molar-refractivity contribution in [3.8, 4) is 0 Å². The average Bonchev–Trinajstić information content (AvgIpc) is 3.32. The molecule has 1 fully saturated rings. The predicted octanol–water partition coefficient (Wildman–Crippen LogP) is 0.353. The van der Waals surface area contributed by atoms with Crippen LogP contribution in [0.15, 0.2) is 22.7 Å². The van der Waals surface area contributed by atoms with Crippen LogP contribution in [-0.2, 0) is 22.6 Å². The number of carbonyl (C=O) groups is 5. The molecule has 1 aromatic carbocycles. The molecule has 3 heterocycles. The van der Waals surface area contributed by atoms with E-state index in [-0.39, 0.29) is 42.0 Å². The highest BCUT2D eigenvalue weighted by molar-refractivity contribution is 6.24. The number of hydrogen-bond donors (Lipinski definition) is 2.